The summed E-state index contributed by atoms with van der Waals surface area (Å²) in [6.07, 6.45) is 4.55. The molecule has 1 N–H and O–H groups in total. The fraction of sp³-hybridized carbons (Fsp3) is 0.412. The normalized spacial score (nSPS) is 17.0. The summed E-state index contributed by atoms with van der Waals surface area (Å²) in [7, 11) is 0.682. The summed E-state index contributed by atoms with van der Waals surface area (Å²) in [5.74, 6) is 0.0267. The van der Waals surface area contributed by atoms with E-state index in [2.05, 4.69) is 9.97 Å². The first-order valence-electron chi connectivity index (χ1n) is 8.24. The van der Waals surface area contributed by atoms with E-state index >= 15 is 0 Å². The lowest BCUT2D eigenvalue weighted by atomic mass is 9.80. The predicted octanol–water partition coefficient (Wildman–Crippen LogP) is 2.67. The van der Waals surface area contributed by atoms with Crippen molar-refractivity contribution in [2.45, 2.75) is 25.6 Å². The molecular weight excluding hydrogens is 326 g/mol. The first-order valence-corrected chi connectivity index (χ1v) is 8.24. The third-order valence-corrected chi connectivity index (χ3v) is 4.05. The summed E-state index contributed by atoms with van der Waals surface area (Å²) < 4.78 is 30.4. The molecule has 0 amide bonds. The molecule has 0 radical (unpaired) electrons. The van der Waals surface area contributed by atoms with Crippen LogP contribution in [-0.2, 0) is 4.65 Å². The predicted molar refractivity (Wildman–Crippen MR) is 91.2 cm³/mol. The molecule has 3 rings (SSSR count). The van der Waals surface area contributed by atoms with Crippen LogP contribution in [0.1, 0.15) is 24.8 Å². The van der Waals surface area contributed by atoms with Gasteiger partial charge in [-0.15, -0.1) is 0 Å². The van der Waals surface area contributed by atoms with Crippen molar-refractivity contribution in [1.82, 2.24) is 9.97 Å². The zero-order valence-corrected chi connectivity index (χ0v) is 14.2. The van der Waals surface area contributed by atoms with Crippen LogP contribution in [0.4, 0.5) is 4.39 Å². The minimum atomic E-state index is -0.765. The molecule has 6 nitrogen and oxygen atoms in total. The highest BCUT2D eigenvalue weighted by Gasteiger charge is 2.30. The minimum Gasteiger partial charge on any atom is -0.491 e. The zero-order chi connectivity index (χ0) is 17.8. The Morgan fingerprint density at radius 1 is 1.40 bits per heavy atom. The van der Waals surface area contributed by atoms with Crippen molar-refractivity contribution in [3.05, 3.63) is 35.9 Å². The molecule has 0 aliphatic carbocycles. The van der Waals surface area contributed by atoms with Crippen LogP contribution in [0, 0.1) is 5.82 Å². The Hall–Kier alpha value is -2.19. The standard InChI is InChI=1S/C17H20BFN2O4/c1-3-4-24-17-15(23-2)6-14(19)16(21-17)12-5-11(8-20-9-12)13-7-18(22)25-10-13/h5-6,8-9,13,22H,3-4,7,10H2,1-2H3. The number of rotatable bonds is 6. The topological polar surface area (TPSA) is 73.7 Å². The van der Waals surface area contributed by atoms with Crippen LogP contribution in [0.2, 0.25) is 6.32 Å². The van der Waals surface area contributed by atoms with Gasteiger partial charge in [0.05, 0.1) is 13.7 Å². The van der Waals surface area contributed by atoms with Crippen LogP contribution in [0.15, 0.2) is 24.5 Å². The average Bonchev–Trinajstić information content (AvgIpc) is 3.07. The fourth-order valence-corrected chi connectivity index (χ4v) is 2.76. The molecule has 1 fully saturated rings. The van der Waals surface area contributed by atoms with Crippen molar-refractivity contribution in [2.24, 2.45) is 0 Å². The molecule has 132 valence electrons. The first-order chi connectivity index (χ1) is 12.1. The van der Waals surface area contributed by atoms with E-state index in [0.29, 0.717) is 25.1 Å². The van der Waals surface area contributed by atoms with E-state index < -0.39 is 12.9 Å². The molecular formula is C17H20BFN2O4. The van der Waals surface area contributed by atoms with E-state index in [0.717, 1.165) is 12.0 Å². The first kappa shape index (κ1) is 17.6. The molecule has 0 bridgehead atoms. The van der Waals surface area contributed by atoms with Crippen molar-refractivity contribution < 1.29 is 23.5 Å². The summed E-state index contributed by atoms with van der Waals surface area (Å²) in [5, 5.41) is 9.52. The van der Waals surface area contributed by atoms with E-state index in [4.69, 9.17) is 14.1 Å². The van der Waals surface area contributed by atoms with Crippen LogP contribution < -0.4 is 9.47 Å². The lowest BCUT2D eigenvalue weighted by Crippen LogP contribution is -2.07. The summed E-state index contributed by atoms with van der Waals surface area (Å²) in [5.41, 5.74) is 1.57. The molecule has 1 atom stereocenters. The minimum absolute atomic E-state index is 0.0274. The highest BCUT2D eigenvalue weighted by atomic mass is 19.1. The molecule has 1 aliphatic rings. The number of nitrogens with zero attached hydrogens (tertiary/aromatic N) is 2. The number of methoxy groups -OCH3 is 1. The van der Waals surface area contributed by atoms with E-state index in [-0.39, 0.29) is 23.2 Å². The van der Waals surface area contributed by atoms with Crippen molar-refractivity contribution in [3.63, 3.8) is 0 Å². The molecule has 8 heteroatoms. The Morgan fingerprint density at radius 2 is 2.24 bits per heavy atom. The Bertz CT molecular complexity index is 747. The van der Waals surface area contributed by atoms with Gasteiger partial charge in [-0.25, -0.2) is 9.37 Å². The van der Waals surface area contributed by atoms with Crippen LogP contribution in [-0.4, -0.2) is 42.4 Å². The largest absolute Gasteiger partial charge is 0.491 e. The zero-order valence-electron chi connectivity index (χ0n) is 14.2. The molecule has 2 aromatic rings. The highest BCUT2D eigenvalue weighted by Crippen LogP contribution is 2.34. The Morgan fingerprint density at radius 3 is 2.92 bits per heavy atom. The Balaban J connectivity index is 1.95. The van der Waals surface area contributed by atoms with Crippen LogP contribution in [0.3, 0.4) is 0 Å². The van der Waals surface area contributed by atoms with Gasteiger partial charge in [0.1, 0.15) is 5.69 Å². The van der Waals surface area contributed by atoms with E-state index in [1.165, 1.54) is 13.2 Å². The molecule has 1 saturated heterocycles. The summed E-state index contributed by atoms with van der Waals surface area (Å²) in [6, 6.07) is 3.09. The van der Waals surface area contributed by atoms with Crippen molar-refractivity contribution in [1.29, 1.82) is 0 Å². The number of halogens is 1. The maximum absolute atomic E-state index is 14.5. The molecule has 1 unspecified atom stereocenters. The average molecular weight is 346 g/mol. The summed E-state index contributed by atoms with van der Waals surface area (Å²) in [4.78, 5) is 8.48. The Labute approximate surface area is 146 Å². The van der Waals surface area contributed by atoms with Gasteiger partial charge in [0.2, 0.25) is 0 Å². The third-order valence-electron chi connectivity index (χ3n) is 4.05. The number of aromatic nitrogens is 2. The van der Waals surface area contributed by atoms with Gasteiger partial charge >= 0.3 is 7.12 Å². The Kier molecular flexibility index (Phi) is 5.50. The van der Waals surface area contributed by atoms with Gasteiger partial charge in [-0.3, -0.25) is 4.98 Å². The highest BCUT2D eigenvalue weighted by molar-refractivity contribution is 6.43. The van der Waals surface area contributed by atoms with Crippen molar-refractivity contribution >= 4 is 7.12 Å². The van der Waals surface area contributed by atoms with E-state index in [1.54, 1.807) is 12.4 Å². The SMILES string of the molecule is CCCOc1nc(-c2cncc(C3COB(O)C3)c2)c(F)cc1OC. The molecule has 1 aliphatic heterocycles. The van der Waals surface area contributed by atoms with Gasteiger partial charge in [-0.2, -0.15) is 0 Å². The number of ether oxygens (including phenoxy) is 2. The second-order valence-corrected chi connectivity index (χ2v) is 5.90. The summed E-state index contributed by atoms with van der Waals surface area (Å²) in [6.45, 7) is 2.85. The van der Waals surface area contributed by atoms with Gasteiger partial charge < -0.3 is 19.2 Å². The van der Waals surface area contributed by atoms with Gasteiger partial charge in [0, 0.05) is 36.5 Å². The summed E-state index contributed by atoms with van der Waals surface area (Å²) >= 11 is 0. The number of hydrogen-bond acceptors (Lipinski definition) is 6. The molecule has 0 aromatic carbocycles. The smallest absolute Gasteiger partial charge is 0.454 e. The number of pyridine rings is 2. The maximum Gasteiger partial charge on any atom is 0.454 e. The quantitative estimate of drug-likeness (QED) is 0.811. The molecule has 2 aromatic heterocycles. The van der Waals surface area contributed by atoms with Crippen molar-refractivity contribution in [2.75, 3.05) is 20.3 Å². The van der Waals surface area contributed by atoms with E-state index in [1.807, 2.05) is 13.0 Å². The van der Waals surface area contributed by atoms with Crippen LogP contribution in [0.25, 0.3) is 11.3 Å². The lowest BCUT2D eigenvalue weighted by Gasteiger charge is -2.13. The monoisotopic (exact) mass is 346 g/mol. The van der Waals surface area contributed by atoms with Gasteiger partial charge in [0.15, 0.2) is 11.6 Å². The molecule has 0 saturated carbocycles. The third kappa shape index (κ3) is 3.91. The van der Waals surface area contributed by atoms with Crippen molar-refractivity contribution in [3.8, 4) is 22.9 Å². The second-order valence-electron chi connectivity index (χ2n) is 5.90. The molecule has 3 heterocycles. The van der Waals surface area contributed by atoms with Crippen LogP contribution >= 0.6 is 0 Å². The molecule has 0 spiro atoms. The van der Waals surface area contributed by atoms with E-state index in [9.17, 15) is 9.41 Å². The molecule has 25 heavy (non-hydrogen) atoms. The van der Waals surface area contributed by atoms with Gasteiger partial charge in [-0.05, 0) is 24.4 Å². The number of hydrogen-bond donors (Lipinski definition) is 1. The van der Waals surface area contributed by atoms with Crippen LogP contribution in [0.5, 0.6) is 11.6 Å². The second kappa shape index (κ2) is 7.80. The lowest BCUT2D eigenvalue weighted by molar-refractivity contribution is 0.281. The van der Waals surface area contributed by atoms with Gasteiger partial charge in [-0.1, -0.05) is 6.92 Å². The van der Waals surface area contributed by atoms with Gasteiger partial charge in [0.25, 0.3) is 5.88 Å². The fourth-order valence-electron chi connectivity index (χ4n) is 2.76. The maximum atomic E-state index is 14.5.